The molecule has 1 amide bonds. The minimum Gasteiger partial charge on any atom is -0.368 e. The zero-order valence-electron chi connectivity index (χ0n) is 11.4. The highest BCUT2D eigenvalue weighted by atomic mass is 32.2. The molecule has 106 valence electrons. The number of primary amides is 1. The van der Waals surface area contributed by atoms with Gasteiger partial charge in [-0.3, -0.25) is 4.79 Å². The van der Waals surface area contributed by atoms with Crippen molar-refractivity contribution in [3.63, 3.8) is 0 Å². The van der Waals surface area contributed by atoms with E-state index >= 15 is 0 Å². The highest BCUT2D eigenvalue weighted by molar-refractivity contribution is 7.99. The first-order chi connectivity index (χ1) is 9.72. The number of nitrogens with zero attached hydrogens (tertiary/aromatic N) is 2. The van der Waals surface area contributed by atoms with E-state index in [2.05, 4.69) is 15.3 Å². The van der Waals surface area contributed by atoms with E-state index in [0.29, 0.717) is 6.42 Å². The van der Waals surface area contributed by atoms with Crippen LogP contribution in [-0.2, 0) is 4.79 Å². The number of benzene rings is 1. The quantitative estimate of drug-likeness (QED) is 0.597. The summed E-state index contributed by atoms with van der Waals surface area (Å²) >= 11 is 1.62. The Bertz CT molecular complexity index is 585. The molecule has 2 rings (SSSR count). The van der Waals surface area contributed by atoms with Crippen LogP contribution in [0.15, 0.2) is 35.6 Å². The smallest absolute Gasteiger partial charge is 0.234 e. The second-order valence-corrected chi connectivity index (χ2v) is 5.43. The Morgan fingerprint density at radius 3 is 2.95 bits per heavy atom. The number of amides is 1. The normalized spacial score (nSPS) is 12.4. The van der Waals surface area contributed by atoms with E-state index in [0.717, 1.165) is 28.2 Å². The molecule has 5 nitrogen and oxygen atoms in total. The van der Waals surface area contributed by atoms with Gasteiger partial charge in [-0.15, -0.1) is 11.8 Å². The van der Waals surface area contributed by atoms with Gasteiger partial charge in [0.1, 0.15) is 11.4 Å². The molecule has 1 heterocycles. The molecule has 0 saturated heterocycles. The van der Waals surface area contributed by atoms with E-state index in [1.54, 1.807) is 18.1 Å². The summed E-state index contributed by atoms with van der Waals surface area (Å²) in [5, 5.41) is 5.07. The molecule has 0 aliphatic heterocycles. The first-order valence-corrected chi connectivity index (χ1v) is 7.56. The fourth-order valence-electron chi connectivity index (χ4n) is 1.96. The van der Waals surface area contributed by atoms with E-state index in [-0.39, 0.29) is 11.9 Å². The van der Waals surface area contributed by atoms with E-state index in [1.807, 2.05) is 31.2 Å². The van der Waals surface area contributed by atoms with Gasteiger partial charge in [-0.2, -0.15) is 0 Å². The van der Waals surface area contributed by atoms with Crippen LogP contribution in [0.4, 0.5) is 0 Å². The number of para-hydroxylation sites is 1. The monoisotopic (exact) mass is 290 g/mol. The number of nitrogens with one attached hydrogen (secondary N) is 1. The molecule has 20 heavy (non-hydrogen) atoms. The van der Waals surface area contributed by atoms with Crippen molar-refractivity contribution in [1.82, 2.24) is 15.3 Å². The van der Waals surface area contributed by atoms with Gasteiger partial charge in [-0.1, -0.05) is 25.1 Å². The third-order valence-electron chi connectivity index (χ3n) is 2.95. The van der Waals surface area contributed by atoms with E-state index in [4.69, 9.17) is 5.73 Å². The van der Waals surface area contributed by atoms with Gasteiger partial charge in [0.05, 0.1) is 11.6 Å². The predicted molar refractivity (Wildman–Crippen MR) is 81.5 cm³/mol. The fraction of sp³-hybridized carbons (Fsp3) is 0.357. The molecular weight excluding hydrogens is 272 g/mol. The zero-order chi connectivity index (χ0) is 14.4. The van der Waals surface area contributed by atoms with Gasteiger partial charge in [0, 0.05) is 11.1 Å². The third-order valence-corrected chi connectivity index (χ3v) is 3.98. The van der Waals surface area contributed by atoms with Gasteiger partial charge in [-0.05, 0) is 19.0 Å². The summed E-state index contributed by atoms with van der Waals surface area (Å²) in [6.45, 7) is 2.69. The molecule has 1 aromatic carbocycles. The number of carbonyl (C=O) groups excluding carboxylic acids is 1. The van der Waals surface area contributed by atoms with E-state index in [9.17, 15) is 4.79 Å². The Labute approximate surface area is 122 Å². The average molecular weight is 290 g/mol. The maximum absolute atomic E-state index is 11.3. The summed E-state index contributed by atoms with van der Waals surface area (Å²) in [7, 11) is 0. The molecule has 6 heteroatoms. The molecule has 0 saturated carbocycles. The molecule has 3 N–H and O–H groups in total. The van der Waals surface area contributed by atoms with Crippen LogP contribution in [0.2, 0.25) is 0 Å². The number of hydrogen-bond donors (Lipinski definition) is 2. The number of likely N-dealkylation sites (N-methyl/N-ethyl adjacent to an activating group) is 1. The second kappa shape index (κ2) is 7.21. The van der Waals surface area contributed by atoms with E-state index in [1.165, 1.54) is 0 Å². The van der Waals surface area contributed by atoms with Crippen LogP contribution in [0.3, 0.4) is 0 Å². The summed E-state index contributed by atoms with van der Waals surface area (Å²) in [6.07, 6.45) is 2.26. The van der Waals surface area contributed by atoms with Gasteiger partial charge in [0.15, 0.2) is 0 Å². The van der Waals surface area contributed by atoms with Gasteiger partial charge in [-0.25, -0.2) is 9.97 Å². The van der Waals surface area contributed by atoms with Crippen LogP contribution in [0, 0.1) is 0 Å². The highest BCUT2D eigenvalue weighted by Crippen LogP contribution is 2.24. The number of thioether (sulfide) groups is 1. The summed E-state index contributed by atoms with van der Waals surface area (Å²) in [5.41, 5.74) is 6.29. The predicted octanol–water partition coefficient (Wildman–Crippen LogP) is 1.58. The Morgan fingerprint density at radius 2 is 2.20 bits per heavy atom. The largest absolute Gasteiger partial charge is 0.368 e. The maximum atomic E-state index is 11.3. The lowest BCUT2D eigenvalue weighted by molar-refractivity contribution is -0.120. The second-order valence-electron chi connectivity index (χ2n) is 4.35. The standard InChI is InChI=1S/C14H18N4OS/c1-2-16-12(13(15)19)7-8-20-14-10-5-3-4-6-11(10)17-9-18-14/h3-6,9,12,16H,2,7-8H2,1H3,(H2,15,19). The molecule has 0 spiro atoms. The van der Waals surface area contributed by atoms with Crippen LogP contribution < -0.4 is 11.1 Å². The molecule has 0 fully saturated rings. The van der Waals surface area contributed by atoms with Crippen molar-refractivity contribution in [1.29, 1.82) is 0 Å². The van der Waals surface area contributed by atoms with Gasteiger partial charge >= 0.3 is 0 Å². The molecule has 2 aromatic rings. The number of nitrogens with two attached hydrogens (primary N) is 1. The van der Waals surface area contributed by atoms with Crippen LogP contribution >= 0.6 is 11.8 Å². The van der Waals surface area contributed by atoms with Crippen LogP contribution in [0.1, 0.15) is 13.3 Å². The van der Waals surface area contributed by atoms with Gasteiger partial charge in [0.2, 0.25) is 5.91 Å². The van der Waals surface area contributed by atoms with Crippen molar-refractivity contribution in [3.05, 3.63) is 30.6 Å². The molecule has 1 atom stereocenters. The molecule has 0 aliphatic carbocycles. The molecule has 0 aliphatic rings. The number of hydrogen-bond acceptors (Lipinski definition) is 5. The number of fused-ring (bicyclic) bond motifs is 1. The number of carbonyl (C=O) groups is 1. The Morgan fingerprint density at radius 1 is 1.40 bits per heavy atom. The van der Waals surface area contributed by atoms with Crippen molar-refractivity contribution in [2.24, 2.45) is 5.73 Å². The zero-order valence-corrected chi connectivity index (χ0v) is 12.2. The fourth-order valence-corrected chi connectivity index (χ4v) is 2.96. The van der Waals surface area contributed by atoms with Gasteiger partial charge < -0.3 is 11.1 Å². The molecular formula is C14H18N4OS. The van der Waals surface area contributed by atoms with Gasteiger partial charge in [0.25, 0.3) is 0 Å². The summed E-state index contributed by atoms with van der Waals surface area (Å²) in [4.78, 5) is 19.8. The number of aromatic nitrogens is 2. The summed E-state index contributed by atoms with van der Waals surface area (Å²) in [5.74, 6) is 0.474. The van der Waals surface area contributed by atoms with Crippen LogP contribution in [0.5, 0.6) is 0 Å². The van der Waals surface area contributed by atoms with Crippen molar-refractivity contribution in [2.45, 2.75) is 24.4 Å². The Hall–Kier alpha value is -1.66. The van der Waals surface area contributed by atoms with Crippen molar-refractivity contribution < 1.29 is 4.79 Å². The molecule has 1 unspecified atom stereocenters. The minimum atomic E-state index is -0.306. The molecule has 1 aromatic heterocycles. The first kappa shape index (κ1) is 14.7. The minimum absolute atomic E-state index is 0.277. The maximum Gasteiger partial charge on any atom is 0.234 e. The van der Waals surface area contributed by atoms with E-state index < -0.39 is 0 Å². The third kappa shape index (κ3) is 3.68. The lowest BCUT2D eigenvalue weighted by atomic mass is 10.2. The summed E-state index contributed by atoms with van der Waals surface area (Å²) in [6, 6.07) is 7.62. The lowest BCUT2D eigenvalue weighted by Gasteiger charge is -2.13. The van der Waals surface area contributed by atoms with Crippen molar-refractivity contribution >= 4 is 28.6 Å². The Balaban J connectivity index is 2.01. The van der Waals surface area contributed by atoms with Crippen LogP contribution in [-0.4, -0.2) is 34.2 Å². The molecule has 0 radical (unpaired) electrons. The van der Waals surface area contributed by atoms with Crippen molar-refractivity contribution in [3.8, 4) is 0 Å². The molecule has 0 bridgehead atoms. The highest BCUT2D eigenvalue weighted by Gasteiger charge is 2.13. The topological polar surface area (TPSA) is 80.9 Å². The lowest BCUT2D eigenvalue weighted by Crippen LogP contribution is -2.41. The van der Waals surface area contributed by atoms with Crippen LogP contribution in [0.25, 0.3) is 10.9 Å². The van der Waals surface area contributed by atoms with Crippen molar-refractivity contribution in [2.75, 3.05) is 12.3 Å². The SMILES string of the molecule is CCNC(CCSc1ncnc2ccccc12)C(N)=O. The summed E-state index contributed by atoms with van der Waals surface area (Å²) < 4.78 is 0. The average Bonchev–Trinajstić information content (AvgIpc) is 2.46. The number of rotatable bonds is 7. The first-order valence-electron chi connectivity index (χ1n) is 6.57. The Kier molecular flexibility index (Phi) is 5.31.